The van der Waals surface area contributed by atoms with Crippen LogP contribution >= 0.6 is 0 Å². The van der Waals surface area contributed by atoms with Crippen LogP contribution in [0.2, 0.25) is 0 Å². The Morgan fingerprint density at radius 1 is 1.35 bits per heavy atom. The van der Waals surface area contributed by atoms with Gasteiger partial charge in [-0.1, -0.05) is 17.2 Å². The Labute approximate surface area is 119 Å². The van der Waals surface area contributed by atoms with E-state index in [0.29, 0.717) is 24.5 Å². The zero-order valence-electron chi connectivity index (χ0n) is 12.0. The second-order valence-electron chi connectivity index (χ2n) is 5.22. The molecule has 3 rings (SSSR count). The second-order valence-corrected chi connectivity index (χ2v) is 5.22. The van der Waals surface area contributed by atoms with E-state index in [4.69, 9.17) is 4.42 Å². The van der Waals surface area contributed by atoms with E-state index in [1.54, 1.807) is 0 Å². The van der Waals surface area contributed by atoms with Crippen molar-refractivity contribution in [1.82, 2.24) is 15.5 Å². The maximum absolute atomic E-state index is 5.75. The third kappa shape index (κ3) is 2.99. The topological polar surface area (TPSA) is 54.2 Å². The molecule has 0 bridgehead atoms. The highest BCUT2D eigenvalue weighted by Crippen LogP contribution is 2.25. The van der Waals surface area contributed by atoms with Gasteiger partial charge in [0.1, 0.15) is 0 Å². The zero-order chi connectivity index (χ0) is 13.9. The quantitative estimate of drug-likeness (QED) is 0.876. The van der Waals surface area contributed by atoms with Gasteiger partial charge in [-0.2, -0.15) is 0 Å². The summed E-state index contributed by atoms with van der Waals surface area (Å²) in [5.74, 6) is 0.651. The van der Waals surface area contributed by atoms with Crippen molar-refractivity contribution < 1.29 is 4.42 Å². The van der Waals surface area contributed by atoms with Gasteiger partial charge in [-0.3, -0.25) is 4.90 Å². The standard InChI is InChI=1S/C15H20N4O/c1-3-19(13-6-4-5-11(2)9-13)15-18-17-14(20-15)10-16-12-7-8-12/h4-6,9,12,16H,3,7-8,10H2,1-2H3. The van der Waals surface area contributed by atoms with Gasteiger partial charge in [0.25, 0.3) is 0 Å². The fourth-order valence-corrected chi connectivity index (χ4v) is 2.17. The molecule has 1 aliphatic rings. The van der Waals surface area contributed by atoms with Crippen LogP contribution in [-0.4, -0.2) is 22.8 Å². The van der Waals surface area contributed by atoms with Gasteiger partial charge in [0, 0.05) is 18.3 Å². The van der Waals surface area contributed by atoms with Crippen LogP contribution in [0.5, 0.6) is 0 Å². The third-order valence-corrected chi connectivity index (χ3v) is 3.44. The summed E-state index contributed by atoms with van der Waals surface area (Å²) < 4.78 is 5.75. The van der Waals surface area contributed by atoms with Gasteiger partial charge < -0.3 is 9.73 Å². The Balaban J connectivity index is 1.74. The molecule has 1 saturated carbocycles. The number of rotatable bonds is 6. The largest absolute Gasteiger partial charge is 0.406 e. The smallest absolute Gasteiger partial charge is 0.322 e. The molecule has 0 aliphatic heterocycles. The van der Waals surface area contributed by atoms with E-state index in [9.17, 15) is 0 Å². The summed E-state index contributed by atoms with van der Waals surface area (Å²) in [5, 5.41) is 11.7. The molecule has 0 atom stereocenters. The van der Waals surface area contributed by atoms with E-state index < -0.39 is 0 Å². The van der Waals surface area contributed by atoms with E-state index >= 15 is 0 Å². The highest BCUT2D eigenvalue weighted by Gasteiger charge is 2.21. The van der Waals surface area contributed by atoms with E-state index in [1.165, 1.54) is 18.4 Å². The molecule has 0 unspecified atom stereocenters. The first-order chi connectivity index (χ1) is 9.76. The summed E-state index contributed by atoms with van der Waals surface area (Å²) in [6, 6.07) is 9.50. The minimum atomic E-state index is 0.561. The summed E-state index contributed by atoms with van der Waals surface area (Å²) in [7, 11) is 0. The molecule has 5 nitrogen and oxygen atoms in total. The Morgan fingerprint density at radius 3 is 2.90 bits per heavy atom. The number of aromatic nitrogens is 2. The first-order valence-electron chi connectivity index (χ1n) is 7.16. The van der Waals surface area contributed by atoms with Crippen molar-refractivity contribution in [3.8, 4) is 0 Å². The minimum absolute atomic E-state index is 0.561. The monoisotopic (exact) mass is 272 g/mol. The SMILES string of the molecule is CCN(c1cccc(C)c1)c1nnc(CNC2CC2)o1. The van der Waals surface area contributed by atoms with Gasteiger partial charge in [-0.05, 0) is 44.4 Å². The Morgan fingerprint density at radius 2 is 2.20 bits per heavy atom. The lowest BCUT2D eigenvalue weighted by molar-refractivity contribution is 0.468. The molecule has 5 heteroatoms. The van der Waals surface area contributed by atoms with E-state index in [-0.39, 0.29) is 0 Å². The molecule has 0 radical (unpaired) electrons. The Kier molecular flexibility index (Phi) is 3.69. The number of hydrogen-bond acceptors (Lipinski definition) is 5. The molecule has 0 spiro atoms. The normalized spacial score (nSPS) is 14.5. The number of benzene rings is 1. The van der Waals surface area contributed by atoms with E-state index in [1.807, 2.05) is 11.0 Å². The zero-order valence-corrected chi connectivity index (χ0v) is 12.0. The lowest BCUT2D eigenvalue weighted by Gasteiger charge is -2.18. The van der Waals surface area contributed by atoms with Gasteiger partial charge in [0.15, 0.2) is 0 Å². The third-order valence-electron chi connectivity index (χ3n) is 3.44. The summed E-state index contributed by atoms with van der Waals surface area (Å²) in [4.78, 5) is 2.03. The van der Waals surface area contributed by atoms with Crippen LogP contribution in [0.4, 0.5) is 11.7 Å². The number of nitrogens with zero attached hydrogens (tertiary/aromatic N) is 3. The van der Waals surface area contributed by atoms with Crippen LogP contribution < -0.4 is 10.2 Å². The van der Waals surface area contributed by atoms with Gasteiger partial charge in [0.05, 0.1) is 6.54 Å². The lowest BCUT2D eigenvalue weighted by atomic mass is 10.2. The van der Waals surface area contributed by atoms with Crippen molar-refractivity contribution in [2.24, 2.45) is 0 Å². The van der Waals surface area contributed by atoms with Crippen molar-refractivity contribution in [3.05, 3.63) is 35.7 Å². The van der Waals surface area contributed by atoms with Crippen molar-refractivity contribution in [2.45, 2.75) is 39.3 Å². The molecule has 1 aliphatic carbocycles. The Hall–Kier alpha value is -1.88. The predicted molar refractivity (Wildman–Crippen MR) is 78.0 cm³/mol. The first kappa shape index (κ1) is 13.1. The summed E-state index contributed by atoms with van der Waals surface area (Å²) in [6.45, 7) is 5.61. The van der Waals surface area contributed by atoms with Crippen LogP contribution in [-0.2, 0) is 6.54 Å². The maximum atomic E-state index is 5.75. The average Bonchev–Trinajstić information content (AvgIpc) is 3.16. The highest BCUT2D eigenvalue weighted by atomic mass is 16.4. The number of aryl methyl sites for hydroxylation is 1. The Bertz CT molecular complexity index is 577. The fourth-order valence-electron chi connectivity index (χ4n) is 2.17. The number of anilines is 2. The van der Waals surface area contributed by atoms with Crippen molar-refractivity contribution >= 4 is 11.7 Å². The van der Waals surface area contributed by atoms with Crippen LogP contribution in [0.3, 0.4) is 0 Å². The molecule has 1 aromatic carbocycles. The molecular weight excluding hydrogens is 252 g/mol. The molecule has 1 aromatic heterocycles. The van der Waals surface area contributed by atoms with E-state index in [2.05, 4.69) is 47.6 Å². The van der Waals surface area contributed by atoms with Gasteiger partial charge in [-0.25, -0.2) is 0 Å². The molecule has 1 fully saturated rings. The van der Waals surface area contributed by atoms with Crippen LogP contribution in [0, 0.1) is 6.92 Å². The van der Waals surface area contributed by atoms with Crippen LogP contribution in [0.1, 0.15) is 31.2 Å². The summed E-state index contributed by atoms with van der Waals surface area (Å²) >= 11 is 0. The summed E-state index contributed by atoms with van der Waals surface area (Å²) in [5.41, 5.74) is 2.30. The molecule has 106 valence electrons. The first-order valence-corrected chi connectivity index (χ1v) is 7.16. The van der Waals surface area contributed by atoms with Crippen molar-refractivity contribution in [2.75, 3.05) is 11.4 Å². The minimum Gasteiger partial charge on any atom is -0.406 e. The van der Waals surface area contributed by atoms with Gasteiger partial charge in [-0.15, -0.1) is 5.10 Å². The summed E-state index contributed by atoms with van der Waals surface area (Å²) in [6.07, 6.45) is 2.51. The molecule has 0 saturated heterocycles. The van der Waals surface area contributed by atoms with Crippen LogP contribution in [0.25, 0.3) is 0 Å². The average molecular weight is 272 g/mol. The van der Waals surface area contributed by atoms with E-state index in [0.717, 1.165) is 12.2 Å². The molecule has 0 amide bonds. The molecular formula is C15H20N4O. The van der Waals surface area contributed by atoms with Crippen molar-refractivity contribution in [3.63, 3.8) is 0 Å². The highest BCUT2D eigenvalue weighted by molar-refractivity contribution is 5.56. The molecule has 1 heterocycles. The van der Waals surface area contributed by atoms with Gasteiger partial charge >= 0.3 is 6.01 Å². The molecule has 2 aromatic rings. The van der Waals surface area contributed by atoms with Crippen molar-refractivity contribution in [1.29, 1.82) is 0 Å². The van der Waals surface area contributed by atoms with Gasteiger partial charge in [0.2, 0.25) is 5.89 Å². The second kappa shape index (κ2) is 5.63. The lowest BCUT2D eigenvalue weighted by Crippen LogP contribution is -2.16. The van der Waals surface area contributed by atoms with Crippen LogP contribution in [0.15, 0.2) is 28.7 Å². The number of nitrogens with one attached hydrogen (secondary N) is 1. The number of hydrogen-bond donors (Lipinski definition) is 1. The predicted octanol–water partition coefficient (Wildman–Crippen LogP) is 2.79. The fraction of sp³-hybridized carbons (Fsp3) is 0.467. The molecule has 1 N–H and O–H groups in total. The maximum Gasteiger partial charge on any atom is 0.322 e. The molecule has 20 heavy (non-hydrogen) atoms.